The van der Waals surface area contributed by atoms with Gasteiger partial charge in [0.2, 0.25) is 5.12 Å². The van der Waals surface area contributed by atoms with Gasteiger partial charge in [-0.15, -0.1) is 0 Å². The van der Waals surface area contributed by atoms with Crippen LogP contribution in [0.5, 0.6) is 0 Å². The average Bonchev–Trinajstić information content (AvgIpc) is 1.68. The minimum Gasteiger partial charge on any atom is -0.282 e. The molecule has 0 heterocycles. The minimum atomic E-state index is 0.0509. The van der Waals surface area contributed by atoms with Gasteiger partial charge in [0, 0.05) is 0 Å². The van der Waals surface area contributed by atoms with E-state index in [2.05, 4.69) is 6.92 Å². The minimum absolute atomic E-state index is 0.0509. The fourth-order valence-electron chi connectivity index (χ4n) is 0.164. The Balaban J connectivity index is 3.37. The van der Waals surface area contributed by atoms with Crippen molar-refractivity contribution in [1.82, 2.24) is 0 Å². The van der Waals surface area contributed by atoms with Crippen LogP contribution in [-0.2, 0) is 4.79 Å². The van der Waals surface area contributed by atoms with E-state index in [1.807, 2.05) is 0 Å². The van der Waals surface area contributed by atoms with E-state index in [1.165, 1.54) is 23.9 Å². The van der Waals surface area contributed by atoms with E-state index in [9.17, 15) is 4.79 Å². The van der Waals surface area contributed by atoms with Gasteiger partial charge < -0.3 is 0 Å². The van der Waals surface area contributed by atoms with E-state index in [0.717, 1.165) is 0 Å². The van der Waals surface area contributed by atoms with E-state index in [4.69, 9.17) is 0 Å². The predicted octanol–water partition coefficient (Wildman–Crippen LogP) is 1.27. The Labute approximate surface area is 47.8 Å². The first kappa shape index (κ1) is 6.76. The molecule has 39 valence electrons. The summed E-state index contributed by atoms with van der Waals surface area (Å²) >= 11 is 1.18. The molecule has 0 aromatic carbocycles. The molecule has 0 rings (SSSR count). The van der Waals surface area contributed by atoms with Crippen molar-refractivity contribution in [2.45, 2.75) is 0 Å². The zero-order valence-corrected chi connectivity index (χ0v) is 4.99. The summed E-state index contributed by atoms with van der Waals surface area (Å²) in [4.78, 5) is 10.2. The van der Waals surface area contributed by atoms with Crippen molar-refractivity contribution in [2.24, 2.45) is 0 Å². The van der Waals surface area contributed by atoms with Gasteiger partial charge in [-0.3, -0.25) is 4.79 Å². The molecule has 1 radical (unpaired) electrons. The van der Waals surface area contributed by atoms with Crippen LogP contribution in [-0.4, -0.2) is 11.4 Å². The maximum absolute atomic E-state index is 10.2. The fraction of sp³-hybridized carbons (Fsp3) is 0.200. The second-order valence-corrected chi connectivity index (χ2v) is 1.74. The maximum atomic E-state index is 10.2. The smallest absolute Gasteiger partial charge is 0.211 e. The Morgan fingerprint density at radius 2 is 2.43 bits per heavy atom. The van der Waals surface area contributed by atoms with Crippen LogP contribution >= 0.6 is 11.8 Å². The molecule has 0 unspecified atom stereocenters. The lowest BCUT2D eigenvalue weighted by atomic mass is 10.6. The van der Waals surface area contributed by atoms with Crippen molar-refractivity contribution < 1.29 is 4.79 Å². The Hall–Kier alpha value is -0.240. The number of carbonyl (C=O) groups is 1. The van der Waals surface area contributed by atoms with Crippen molar-refractivity contribution in [3.8, 4) is 0 Å². The van der Waals surface area contributed by atoms with Gasteiger partial charge in [0.05, 0.1) is 0 Å². The highest BCUT2D eigenvalue weighted by atomic mass is 32.2. The Morgan fingerprint density at radius 1 is 1.86 bits per heavy atom. The zero-order valence-electron chi connectivity index (χ0n) is 4.18. The molecule has 0 aromatic heterocycles. The molecule has 1 nitrogen and oxygen atoms in total. The summed E-state index contributed by atoms with van der Waals surface area (Å²) in [5.41, 5.74) is 0. The topological polar surface area (TPSA) is 17.1 Å². The number of hydrogen-bond donors (Lipinski definition) is 0. The Kier molecular flexibility index (Phi) is 3.80. The maximum Gasteiger partial charge on any atom is 0.211 e. The number of rotatable bonds is 1. The van der Waals surface area contributed by atoms with Gasteiger partial charge in [-0.2, -0.15) is 0 Å². The average molecular weight is 115 g/mol. The van der Waals surface area contributed by atoms with Crippen LogP contribution in [0.25, 0.3) is 0 Å². The third kappa shape index (κ3) is 3.59. The third-order valence-corrected chi connectivity index (χ3v) is 0.994. The molecule has 0 aliphatic heterocycles. The first-order chi connectivity index (χ1) is 3.31. The number of carbonyl (C=O) groups excluding carboxylic acids is 1. The third-order valence-electron chi connectivity index (χ3n) is 0.455. The van der Waals surface area contributed by atoms with Gasteiger partial charge >= 0.3 is 0 Å². The highest BCUT2D eigenvalue weighted by molar-refractivity contribution is 8.13. The molecule has 0 amide bonds. The number of thioether (sulfide) groups is 1. The summed E-state index contributed by atoms with van der Waals surface area (Å²) in [6.45, 7) is 3.36. The molecule has 7 heavy (non-hydrogen) atoms. The lowest BCUT2D eigenvalue weighted by Gasteiger charge is -1.77. The molecule has 0 aliphatic carbocycles. The van der Waals surface area contributed by atoms with Crippen LogP contribution in [0, 0.1) is 6.92 Å². The fourth-order valence-corrected chi connectivity index (χ4v) is 0.397. The van der Waals surface area contributed by atoms with Crippen LogP contribution in [0.1, 0.15) is 0 Å². The summed E-state index contributed by atoms with van der Waals surface area (Å²) in [6, 6.07) is 0. The molecule has 0 N–H and O–H groups in total. The van der Waals surface area contributed by atoms with Crippen LogP contribution < -0.4 is 0 Å². The quantitative estimate of drug-likeness (QED) is 0.479. The summed E-state index contributed by atoms with van der Waals surface area (Å²) in [5, 5.41) is 0.0509. The van der Waals surface area contributed by atoms with Crippen molar-refractivity contribution in [1.29, 1.82) is 0 Å². The van der Waals surface area contributed by atoms with Crippen molar-refractivity contribution >= 4 is 16.9 Å². The van der Waals surface area contributed by atoms with Gasteiger partial charge in [-0.05, 0) is 19.3 Å². The zero-order chi connectivity index (χ0) is 5.70. The van der Waals surface area contributed by atoms with Gasteiger partial charge in [-0.1, -0.05) is 17.8 Å². The van der Waals surface area contributed by atoms with E-state index >= 15 is 0 Å². The van der Waals surface area contributed by atoms with Gasteiger partial charge in [0.1, 0.15) is 0 Å². The summed E-state index contributed by atoms with van der Waals surface area (Å²) < 4.78 is 0. The number of allylic oxidation sites excluding steroid dienone is 1. The van der Waals surface area contributed by atoms with Crippen LogP contribution in [0.4, 0.5) is 0 Å². The summed E-state index contributed by atoms with van der Waals surface area (Å²) in [5.74, 6) is 0. The molecule has 0 atom stereocenters. The Morgan fingerprint density at radius 3 is 2.57 bits per heavy atom. The van der Waals surface area contributed by atoms with Crippen LogP contribution in [0.15, 0.2) is 12.2 Å². The second-order valence-electron chi connectivity index (χ2n) is 0.926. The summed E-state index contributed by atoms with van der Waals surface area (Å²) in [7, 11) is 0. The Bertz CT molecular complexity index is 86.1. The lowest BCUT2D eigenvalue weighted by Crippen LogP contribution is -1.78. The van der Waals surface area contributed by atoms with E-state index in [-0.39, 0.29) is 5.12 Å². The molecular weight excluding hydrogens is 108 g/mol. The molecule has 0 saturated heterocycles. The van der Waals surface area contributed by atoms with Crippen molar-refractivity contribution in [2.75, 3.05) is 6.26 Å². The molecular formula is C5H7OS. The highest BCUT2D eigenvalue weighted by Gasteiger charge is 1.84. The molecule has 0 saturated carbocycles. The van der Waals surface area contributed by atoms with E-state index < -0.39 is 0 Å². The first-order valence-corrected chi connectivity index (χ1v) is 3.07. The second kappa shape index (κ2) is 3.93. The normalized spacial score (nSPS) is 10.0. The number of hydrogen-bond acceptors (Lipinski definition) is 2. The standard InChI is InChI=1S/C5H7OS/c1-3-4-5(6)7-2/h3-4H,1H2,2H3. The highest BCUT2D eigenvalue weighted by Crippen LogP contribution is 1.93. The molecule has 0 fully saturated rings. The molecule has 0 aliphatic rings. The van der Waals surface area contributed by atoms with Gasteiger partial charge in [0.15, 0.2) is 0 Å². The summed E-state index contributed by atoms with van der Waals surface area (Å²) in [6.07, 6.45) is 4.66. The van der Waals surface area contributed by atoms with E-state index in [0.29, 0.717) is 0 Å². The van der Waals surface area contributed by atoms with Crippen molar-refractivity contribution in [3.05, 3.63) is 19.1 Å². The monoisotopic (exact) mass is 115 g/mol. The SMILES string of the molecule is [CH2]C=CC(=O)SC. The largest absolute Gasteiger partial charge is 0.282 e. The molecule has 0 bridgehead atoms. The molecule has 2 heteroatoms. The van der Waals surface area contributed by atoms with Crippen LogP contribution in [0.3, 0.4) is 0 Å². The lowest BCUT2D eigenvalue weighted by molar-refractivity contribution is -0.107. The first-order valence-electron chi connectivity index (χ1n) is 1.85. The van der Waals surface area contributed by atoms with Gasteiger partial charge in [0.25, 0.3) is 0 Å². The van der Waals surface area contributed by atoms with Crippen LogP contribution in [0.2, 0.25) is 0 Å². The van der Waals surface area contributed by atoms with Gasteiger partial charge in [-0.25, -0.2) is 0 Å². The molecule has 0 spiro atoms. The van der Waals surface area contributed by atoms with Crippen molar-refractivity contribution in [3.63, 3.8) is 0 Å². The molecule has 0 aromatic rings. The van der Waals surface area contributed by atoms with E-state index in [1.54, 1.807) is 6.26 Å². The predicted molar refractivity (Wildman–Crippen MR) is 33.0 cm³/mol.